The highest BCUT2D eigenvalue weighted by molar-refractivity contribution is 6.31. The first-order valence-electron chi connectivity index (χ1n) is 10.5. The molecule has 1 saturated heterocycles. The van der Waals surface area contributed by atoms with E-state index in [1.165, 1.54) is 30.3 Å². The molecule has 4 nitrogen and oxygen atoms in total. The van der Waals surface area contributed by atoms with Crippen molar-refractivity contribution in [3.63, 3.8) is 0 Å². The molecule has 1 fully saturated rings. The molecule has 0 amide bonds. The van der Waals surface area contributed by atoms with Gasteiger partial charge in [-0.3, -0.25) is 10.1 Å². The second kappa shape index (κ2) is 8.90. The first-order chi connectivity index (χ1) is 14.8. The fraction of sp³-hybridized carbons (Fsp3) is 0.458. The molecule has 0 aliphatic carbocycles. The zero-order valence-corrected chi connectivity index (χ0v) is 19.9. The summed E-state index contributed by atoms with van der Waals surface area (Å²) in [6.07, 6.45) is 0.436. The van der Waals surface area contributed by atoms with E-state index in [0.717, 1.165) is 6.07 Å². The Labute approximate surface area is 197 Å². The molecule has 1 unspecified atom stereocenters. The third kappa shape index (κ3) is 4.26. The standard InChI is InChI=1S/C24H28Cl2F2N2O2/c1-12(2)23(3,4)11-18-24(29,15-9-8-13(25)10-17(15)27)19(21(30-18)22(31)32)14-6-5-7-16(26)20(14)28/h5-10,12,18-19,21,30H,11,29H2,1-4H3,(H,31,32)/t18-,19-,21+,24?/m0/s1. The lowest BCUT2D eigenvalue weighted by Crippen LogP contribution is -2.53. The maximum absolute atomic E-state index is 15.2. The van der Waals surface area contributed by atoms with Crippen LogP contribution in [0.4, 0.5) is 8.78 Å². The van der Waals surface area contributed by atoms with Crippen LogP contribution in [0, 0.1) is 23.0 Å². The minimum atomic E-state index is -1.59. The van der Waals surface area contributed by atoms with E-state index in [1.54, 1.807) is 0 Å². The minimum Gasteiger partial charge on any atom is -0.480 e. The Morgan fingerprint density at radius 3 is 2.47 bits per heavy atom. The van der Waals surface area contributed by atoms with E-state index in [9.17, 15) is 9.90 Å². The number of hydrogen-bond donors (Lipinski definition) is 3. The number of rotatable bonds is 6. The van der Waals surface area contributed by atoms with Crippen molar-refractivity contribution in [3.05, 3.63) is 69.2 Å². The quantitative estimate of drug-likeness (QED) is 0.490. The largest absolute Gasteiger partial charge is 0.480 e. The Morgan fingerprint density at radius 1 is 1.25 bits per heavy atom. The Balaban J connectivity index is 2.29. The van der Waals surface area contributed by atoms with E-state index in [1.807, 2.05) is 13.8 Å². The summed E-state index contributed by atoms with van der Waals surface area (Å²) in [5.41, 5.74) is 5.23. The summed E-state index contributed by atoms with van der Waals surface area (Å²) in [4.78, 5) is 12.3. The van der Waals surface area contributed by atoms with Gasteiger partial charge < -0.3 is 10.8 Å². The molecule has 2 aromatic carbocycles. The third-order valence-corrected chi connectivity index (χ3v) is 7.61. The second-order valence-corrected chi connectivity index (χ2v) is 10.4. The fourth-order valence-corrected chi connectivity index (χ4v) is 4.88. The number of hydrogen-bond acceptors (Lipinski definition) is 3. The van der Waals surface area contributed by atoms with E-state index in [4.69, 9.17) is 28.9 Å². The normalized spacial score (nSPS) is 26.0. The molecule has 0 aromatic heterocycles. The number of carbonyl (C=O) groups is 1. The predicted molar refractivity (Wildman–Crippen MR) is 123 cm³/mol. The Bertz CT molecular complexity index is 1030. The highest BCUT2D eigenvalue weighted by Gasteiger charge is 2.59. The van der Waals surface area contributed by atoms with E-state index < -0.39 is 41.1 Å². The average molecular weight is 485 g/mol. The predicted octanol–water partition coefficient (Wildman–Crippen LogP) is 5.71. The van der Waals surface area contributed by atoms with Gasteiger partial charge in [0.05, 0.1) is 10.6 Å². The summed E-state index contributed by atoms with van der Waals surface area (Å²) >= 11 is 12.0. The van der Waals surface area contributed by atoms with Crippen molar-refractivity contribution in [3.8, 4) is 0 Å². The highest BCUT2D eigenvalue weighted by Crippen LogP contribution is 2.50. The molecule has 174 valence electrons. The number of nitrogens with one attached hydrogen (secondary N) is 1. The van der Waals surface area contributed by atoms with Gasteiger partial charge in [0.15, 0.2) is 0 Å². The van der Waals surface area contributed by atoms with Crippen LogP contribution in [0.25, 0.3) is 0 Å². The van der Waals surface area contributed by atoms with Gasteiger partial charge in [-0.1, -0.05) is 69.1 Å². The Morgan fingerprint density at radius 2 is 1.91 bits per heavy atom. The molecule has 1 aliphatic rings. The molecule has 1 heterocycles. The van der Waals surface area contributed by atoms with Crippen molar-refractivity contribution in [1.29, 1.82) is 0 Å². The summed E-state index contributed by atoms with van der Waals surface area (Å²) in [7, 11) is 0. The van der Waals surface area contributed by atoms with Crippen molar-refractivity contribution < 1.29 is 18.7 Å². The molecular weight excluding hydrogens is 457 g/mol. The van der Waals surface area contributed by atoms with Crippen molar-refractivity contribution in [2.24, 2.45) is 17.1 Å². The van der Waals surface area contributed by atoms with E-state index in [-0.39, 0.29) is 32.5 Å². The van der Waals surface area contributed by atoms with Crippen LogP contribution in [0.1, 0.15) is 51.2 Å². The zero-order chi connectivity index (χ0) is 24.0. The molecule has 2 aromatic rings. The number of halogens is 4. The first kappa shape index (κ1) is 24.9. The molecule has 4 N–H and O–H groups in total. The van der Waals surface area contributed by atoms with Crippen LogP contribution in [0.5, 0.6) is 0 Å². The Kier molecular flexibility index (Phi) is 6.93. The zero-order valence-electron chi connectivity index (χ0n) is 18.4. The molecule has 0 saturated carbocycles. The molecule has 32 heavy (non-hydrogen) atoms. The molecule has 1 aliphatic heterocycles. The van der Waals surface area contributed by atoms with Crippen molar-refractivity contribution in [1.82, 2.24) is 5.32 Å². The fourth-order valence-electron chi connectivity index (χ4n) is 4.54. The third-order valence-electron chi connectivity index (χ3n) is 7.08. The van der Waals surface area contributed by atoms with Crippen molar-refractivity contribution in [2.45, 2.75) is 57.7 Å². The van der Waals surface area contributed by atoms with Gasteiger partial charge in [0.1, 0.15) is 17.7 Å². The molecule has 0 radical (unpaired) electrons. The van der Waals surface area contributed by atoms with Gasteiger partial charge in [-0.25, -0.2) is 8.78 Å². The van der Waals surface area contributed by atoms with Gasteiger partial charge in [-0.2, -0.15) is 0 Å². The van der Waals surface area contributed by atoms with Gasteiger partial charge in [0.2, 0.25) is 0 Å². The summed E-state index contributed by atoms with van der Waals surface area (Å²) in [5.74, 6) is -3.53. The van der Waals surface area contributed by atoms with Crippen LogP contribution in [-0.4, -0.2) is 23.2 Å². The highest BCUT2D eigenvalue weighted by atomic mass is 35.5. The van der Waals surface area contributed by atoms with Crippen molar-refractivity contribution in [2.75, 3.05) is 0 Å². The summed E-state index contributed by atoms with van der Waals surface area (Å²) in [6.45, 7) is 8.19. The molecule has 0 bridgehead atoms. The molecule has 4 atom stereocenters. The van der Waals surface area contributed by atoms with E-state index in [2.05, 4.69) is 19.2 Å². The van der Waals surface area contributed by atoms with Crippen LogP contribution in [0.3, 0.4) is 0 Å². The molecule has 3 rings (SSSR count). The lowest BCUT2D eigenvalue weighted by Gasteiger charge is -2.41. The molecular formula is C24H28Cl2F2N2O2. The SMILES string of the molecule is CC(C)C(C)(C)C[C@@H]1N[C@@H](C(=O)O)[C@H](c2cccc(Cl)c2F)C1(N)c1ccc(Cl)cc1F. The van der Waals surface area contributed by atoms with Gasteiger partial charge in [0, 0.05) is 22.5 Å². The summed E-state index contributed by atoms with van der Waals surface area (Å²) in [5, 5.41) is 13.2. The summed E-state index contributed by atoms with van der Waals surface area (Å²) in [6, 6.07) is 6.52. The van der Waals surface area contributed by atoms with Crippen LogP contribution < -0.4 is 11.1 Å². The maximum atomic E-state index is 15.2. The van der Waals surface area contributed by atoms with Crippen LogP contribution in [0.15, 0.2) is 36.4 Å². The van der Waals surface area contributed by atoms with Gasteiger partial charge in [-0.05, 0) is 41.5 Å². The number of nitrogens with two attached hydrogens (primary N) is 1. The van der Waals surface area contributed by atoms with Crippen LogP contribution in [0.2, 0.25) is 10.0 Å². The maximum Gasteiger partial charge on any atom is 0.321 e. The monoisotopic (exact) mass is 484 g/mol. The average Bonchev–Trinajstić information content (AvgIpc) is 2.96. The topological polar surface area (TPSA) is 75.3 Å². The van der Waals surface area contributed by atoms with Gasteiger partial charge in [0.25, 0.3) is 0 Å². The van der Waals surface area contributed by atoms with Crippen LogP contribution >= 0.6 is 23.2 Å². The number of carboxylic acid groups (broad SMARTS) is 1. The molecule has 8 heteroatoms. The van der Waals surface area contributed by atoms with Crippen LogP contribution in [-0.2, 0) is 10.3 Å². The second-order valence-electron chi connectivity index (χ2n) is 9.56. The number of benzene rings is 2. The van der Waals surface area contributed by atoms with E-state index >= 15 is 8.78 Å². The smallest absolute Gasteiger partial charge is 0.321 e. The number of aliphatic carboxylic acids is 1. The minimum absolute atomic E-state index is 0.0269. The first-order valence-corrected chi connectivity index (χ1v) is 11.2. The Hall–Kier alpha value is -1.73. The summed E-state index contributed by atoms with van der Waals surface area (Å²) < 4.78 is 30.4. The van der Waals surface area contributed by atoms with Gasteiger partial charge in [-0.15, -0.1) is 0 Å². The lowest BCUT2D eigenvalue weighted by atomic mass is 9.66. The van der Waals surface area contributed by atoms with Gasteiger partial charge >= 0.3 is 5.97 Å². The van der Waals surface area contributed by atoms with Crippen molar-refractivity contribution >= 4 is 29.2 Å². The lowest BCUT2D eigenvalue weighted by molar-refractivity contribution is -0.139. The molecule has 0 spiro atoms. The van der Waals surface area contributed by atoms with E-state index in [0.29, 0.717) is 6.42 Å². The number of carboxylic acids is 1.